The van der Waals surface area contributed by atoms with Crippen molar-refractivity contribution >= 4 is 0 Å². The molecule has 24 heavy (non-hydrogen) atoms. The lowest BCUT2D eigenvalue weighted by Gasteiger charge is -1.98. The maximum absolute atomic E-state index is 3.34. The second-order valence-electron chi connectivity index (χ2n) is 5.77. The Morgan fingerprint density at radius 2 is 0.875 bits per heavy atom. The molecule has 0 heterocycles. The van der Waals surface area contributed by atoms with Crippen LogP contribution in [0.25, 0.3) is 0 Å². The first-order valence-electron chi connectivity index (χ1n) is 9.22. The molecule has 1 aliphatic carbocycles. The van der Waals surface area contributed by atoms with Crippen molar-refractivity contribution in [1.82, 2.24) is 0 Å². The highest BCUT2D eigenvalue weighted by atomic mass is 14.0. The van der Waals surface area contributed by atoms with Crippen molar-refractivity contribution in [2.45, 2.75) is 51.4 Å². The van der Waals surface area contributed by atoms with Crippen LogP contribution < -0.4 is 0 Å². The van der Waals surface area contributed by atoms with Crippen molar-refractivity contribution in [2.24, 2.45) is 0 Å². The zero-order valence-electron chi connectivity index (χ0n) is 14.8. The van der Waals surface area contributed by atoms with E-state index in [0.29, 0.717) is 0 Å². The third kappa shape index (κ3) is 14.8. The van der Waals surface area contributed by atoms with Gasteiger partial charge in [-0.3, -0.25) is 0 Å². The van der Waals surface area contributed by atoms with Crippen molar-refractivity contribution in [1.29, 1.82) is 0 Å². The average molecular weight is 320 g/mol. The van der Waals surface area contributed by atoms with Gasteiger partial charge in [0, 0.05) is 0 Å². The van der Waals surface area contributed by atoms with Gasteiger partial charge in [0.25, 0.3) is 0 Å². The molecule has 0 saturated heterocycles. The fraction of sp³-hybridized carbons (Fsp3) is 0.333. The number of hydrogen-bond acceptors (Lipinski definition) is 0. The van der Waals surface area contributed by atoms with Crippen molar-refractivity contribution in [3.63, 3.8) is 0 Å². The predicted octanol–water partition coefficient (Wildman–Crippen LogP) is 7.37. The molecule has 0 heteroatoms. The van der Waals surface area contributed by atoms with E-state index in [1.54, 1.807) is 0 Å². The molecule has 0 N–H and O–H groups in total. The SMILES string of the molecule is [C]1=C/C=C/C=C\C=C\C=C\C=C\C=C/C=C/CCCCCCCC/1. The molecule has 127 valence electrons. The summed E-state index contributed by atoms with van der Waals surface area (Å²) in [6.07, 6.45) is 44.5. The Morgan fingerprint density at radius 3 is 1.50 bits per heavy atom. The van der Waals surface area contributed by atoms with E-state index in [-0.39, 0.29) is 0 Å². The van der Waals surface area contributed by atoms with Crippen LogP contribution in [0.15, 0.2) is 91.1 Å². The summed E-state index contributed by atoms with van der Waals surface area (Å²) in [7, 11) is 0. The Morgan fingerprint density at radius 1 is 0.417 bits per heavy atom. The van der Waals surface area contributed by atoms with Crippen molar-refractivity contribution in [3.05, 3.63) is 97.2 Å². The zero-order valence-corrected chi connectivity index (χ0v) is 14.8. The van der Waals surface area contributed by atoms with Gasteiger partial charge in [0.2, 0.25) is 0 Å². The molecule has 0 saturated carbocycles. The summed E-state index contributed by atoms with van der Waals surface area (Å²) in [4.78, 5) is 0. The summed E-state index contributed by atoms with van der Waals surface area (Å²) >= 11 is 0. The van der Waals surface area contributed by atoms with Crippen LogP contribution in [-0.2, 0) is 0 Å². The molecular weight excluding hydrogens is 288 g/mol. The van der Waals surface area contributed by atoms with Crippen LogP contribution >= 0.6 is 0 Å². The first kappa shape index (κ1) is 20.0. The fourth-order valence-corrected chi connectivity index (χ4v) is 2.28. The monoisotopic (exact) mass is 319 g/mol. The highest BCUT2D eigenvalue weighted by Gasteiger charge is 1.89. The largest absolute Gasteiger partial charge is 0.0845 e. The van der Waals surface area contributed by atoms with E-state index in [0.717, 1.165) is 6.42 Å². The Balaban J connectivity index is 2.42. The number of allylic oxidation sites excluding steroid dienone is 16. The van der Waals surface area contributed by atoms with Gasteiger partial charge in [0.15, 0.2) is 0 Å². The van der Waals surface area contributed by atoms with Gasteiger partial charge >= 0.3 is 0 Å². The maximum atomic E-state index is 3.34. The van der Waals surface area contributed by atoms with Gasteiger partial charge in [-0.05, 0) is 31.8 Å². The topological polar surface area (TPSA) is 0 Å². The molecule has 0 unspecified atom stereocenters. The molecule has 0 amide bonds. The summed E-state index contributed by atoms with van der Waals surface area (Å²) in [5, 5.41) is 0. The average Bonchev–Trinajstić information content (AvgIpc) is 2.59. The minimum Gasteiger partial charge on any atom is -0.0845 e. The Hall–Kier alpha value is -2.08. The summed E-state index contributed by atoms with van der Waals surface area (Å²) in [5.74, 6) is 0. The van der Waals surface area contributed by atoms with Gasteiger partial charge in [-0.2, -0.15) is 0 Å². The molecule has 0 spiro atoms. The molecule has 0 nitrogen and oxygen atoms in total. The molecule has 0 fully saturated rings. The summed E-state index contributed by atoms with van der Waals surface area (Å²) < 4.78 is 0. The van der Waals surface area contributed by atoms with Crippen LogP contribution in [0, 0.1) is 6.08 Å². The predicted molar refractivity (Wildman–Crippen MR) is 109 cm³/mol. The fourth-order valence-electron chi connectivity index (χ4n) is 2.28. The third-order valence-electron chi connectivity index (χ3n) is 3.63. The van der Waals surface area contributed by atoms with Gasteiger partial charge in [-0.1, -0.05) is 117 Å². The molecule has 0 aromatic carbocycles. The quantitative estimate of drug-likeness (QED) is 0.437. The first-order chi connectivity index (χ1) is 12.0. The van der Waals surface area contributed by atoms with E-state index in [4.69, 9.17) is 0 Å². The van der Waals surface area contributed by atoms with Gasteiger partial charge < -0.3 is 0 Å². The lowest BCUT2D eigenvalue weighted by atomic mass is 10.1. The van der Waals surface area contributed by atoms with E-state index in [9.17, 15) is 0 Å². The molecule has 1 rings (SSSR count). The van der Waals surface area contributed by atoms with Crippen LogP contribution in [0.1, 0.15) is 51.4 Å². The number of rotatable bonds is 0. The van der Waals surface area contributed by atoms with Gasteiger partial charge in [0.1, 0.15) is 0 Å². The molecule has 0 aromatic rings. The van der Waals surface area contributed by atoms with Gasteiger partial charge in [0.05, 0.1) is 0 Å². The Kier molecular flexibility index (Phi) is 14.4. The third-order valence-corrected chi connectivity index (χ3v) is 3.63. The van der Waals surface area contributed by atoms with E-state index in [1.165, 1.54) is 44.9 Å². The van der Waals surface area contributed by atoms with E-state index in [2.05, 4.69) is 36.5 Å². The lowest BCUT2D eigenvalue weighted by molar-refractivity contribution is 0.598. The Bertz CT molecular complexity index is 456. The lowest BCUT2D eigenvalue weighted by Crippen LogP contribution is -1.79. The van der Waals surface area contributed by atoms with Gasteiger partial charge in [-0.15, -0.1) is 0 Å². The van der Waals surface area contributed by atoms with Gasteiger partial charge in [-0.25, -0.2) is 0 Å². The molecule has 0 aromatic heterocycles. The molecule has 0 aliphatic heterocycles. The Labute approximate surface area is 149 Å². The summed E-state index contributed by atoms with van der Waals surface area (Å²) in [5.41, 5.74) is 0. The van der Waals surface area contributed by atoms with Crippen molar-refractivity contribution < 1.29 is 0 Å². The second-order valence-corrected chi connectivity index (χ2v) is 5.77. The smallest absolute Gasteiger partial charge is 0.0276 e. The molecule has 1 radical (unpaired) electrons. The highest BCUT2D eigenvalue weighted by Crippen LogP contribution is 2.09. The normalized spacial score (nSPS) is 29.3. The number of hydrogen-bond donors (Lipinski definition) is 0. The molecule has 1 aliphatic rings. The standard InChI is InChI=1S/C24H31/c1-2-4-6-8-10-12-14-16-18-20-22-24-23-21-19-17-15-13-11-9-7-5-3-1/h1-15H,16,18-24H2/b2-1+,5-3+,6-4+,9-7-,10-8-,13-11+,14-12+,17-15?. The van der Waals surface area contributed by atoms with E-state index >= 15 is 0 Å². The van der Waals surface area contributed by atoms with Crippen LogP contribution in [-0.4, -0.2) is 0 Å². The molecule has 0 bridgehead atoms. The summed E-state index contributed by atoms with van der Waals surface area (Å²) in [6.45, 7) is 0. The molecule has 0 atom stereocenters. The van der Waals surface area contributed by atoms with Crippen LogP contribution in [0.2, 0.25) is 0 Å². The van der Waals surface area contributed by atoms with Crippen LogP contribution in [0.4, 0.5) is 0 Å². The minimum atomic E-state index is 1.07. The zero-order chi connectivity index (χ0) is 17.0. The summed E-state index contributed by atoms with van der Waals surface area (Å²) in [6, 6.07) is 0. The van der Waals surface area contributed by atoms with E-state index in [1.807, 2.05) is 60.8 Å². The van der Waals surface area contributed by atoms with Crippen LogP contribution in [0.5, 0.6) is 0 Å². The van der Waals surface area contributed by atoms with Crippen molar-refractivity contribution in [2.75, 3.05) is 0 Å². The molecular formula is C24H31. The highest BCUT2D eigenvalue weighted by molar-refractivity contribution is 5.21. The first-order valence-corrected chi connectivity index (χ1v) is 9.22. The van der Waals surface area contributed by atoms with Crippen molar-refractivity contribution in [3.8, 4) is 0 Å². The van der Waals surface area contributed by atoms with E-state index < -0.39 is 0 Å². The minimum absolute atomic E-state index is 1.07. The van der Waals surface area contributed by atoms with Crippen LogP contribution in [0.3, 0.4) is 0 Å². The maximum Gasteiger partial charge on any atom is -0.0276 e. The second kappa shape index (κ2) is 17.3.